The SMILES string of the molecule is O=C(N[C@H](CO)Cc1ccccc1)c1cccc(Cl)c1F. The van der Waals surface area contributed by atoms with E-state index in [9.17, 15) is 14.3 Å². The summed E-state index contributed by atoms with van der Waals surface area (Å²) in [7, 11) is 0. The lowest BCUT2D eigenvalue weighted by Crippen LogP contribution is -2.39. The summed E-state index contributed by atoms with van der Waals surface area (Å²) in [6.45, 7) is -0.233. The minimum Gasteiger partial charge on any atom is -0.394 e. The van der Waals surface area contributed by atoms with Gasteiger partial charge in [-0.3, -0.25) is 4.79 Å². The van der Waals surface area contributed by atoms with Crippen LogP contribution < -0.4 is 5.32 Å². The van der Waals surface area contributed by atoms with Crippen molar-refractivity contribution < 1.29 is 14.3 Å². The number of nitrogens with one attached hydrogen (secondary N) is 1. The van der Waals surface area contributed by atoms with Crippen LogP contribution in [0.3, 0.4) is 0 Å². The Morgan fingerprint density at radius 1 is 1.19 bits per heavy atom. The van der Waals surface area contributed by atoms with E-state index in [4.69, 9.17) is 11.6 Å². The van der Waals surface area contributed by atoms with E-state index in [-0.39, 0.29) is 17.2 Å². The van der Waals surface area contributed by atoms with Crippen LogP contribution in [0, 0.1) is 5.82 Å². The first kappa shape index (κ1) is 15.5. The number of aliphatic hydroxyl groups excluding tert-OH is 1. The molecular formula is C16H15ClFNO2. The van der Waals surface area contributed by atoms with Gasteiger partial charge in [0.05, 0.1) is 23.2 Å². The molecule has 0 heterocycles. The summed E-state index contributed by atoms with van der Waals surface area (Å²) in [6, 6.07) is 13.2. The van der Waals surface area contributed by atoms with E-state index in [1.807, 2.05) is 30.3 Å². The van der Waals surface area contributed by atoms with Gasteiger partial charge in [0, 0.05) is 0 Å². The van der Waals surface area contributed by atoms with E-state index in [1.165, 1.54) is 18.2 Å². The Balaban J connectivity index is 2.08. The Morgan fingerprint density at radius 2 is 1.90 bits per heavy atom. The largest absolute Gasteiger partial charge is 0.394 e. The van der Waals surface area contributed by atoms with E-state index in [2.05, 4.69) is 5.32 Å². The summed E-state index contributed by atoms with van der Waals surface area (Å²) in [5, 5.41) is 11.9. The van der Waals surface area contributed by atoms with Gasteiger partial charge in [0.25, 0.3) is 5.91 Å². The zero-order valence-corrected chi connectivity index (χ0v) is 12.0. The molecule has 3 nitrogen and oxygen atoms in total. The molecular weight excluding hydrogens is 293 g/mol. The number of aliphatic hydroxyl groups is 1. The fraction of sp³-hybridized carbons (Fsp3) is 0.188. The van der Waals surface area contributed by atoms with Gasteiger partial charge in [-0.15, -0.1) is 0 Å². The Bertz CT molecular complexity index is 619. The maximum Gasteiger partial charge on any atom is 0.254 e. The molecule has 0 saturated heterocycles. The lowest BCUT2D eigenvalue weighted by Gasteiger charge is -2.17. The molecule has 0 aliphatic carbocycles. The van der Waals surface area contributed by atoms with E-state index < -0.39 is 17.8 Å². The number of halogens is 2. The second kappa shape index (κ2) is 7.20. The first-order valence-electron chi connectivity index (χ1n) is 6.51. The molecule has 2 aromatic rings. The van der Waals surface area contributed by atoms with Crippen LogP contribution in [-0.4, -0.2) is 23.7 Å². The smallest absolute Gasteiger partial charge is 0.254 e. The number of amides is 1. The first-order valence-corrected chi connectivity index (χ1v) is 6.89. The number of hydrogen-bond donors (Lipinski definition) is 2. The molecule has 0 aliphatic rings. The quantitative estimate of drug-likeness (QED) is 0.892. The number of hydrogen-bond acceptors (Lipinski definition) is 2. The minimum atomic E-state index is -0.756. The van der Waals surface area contributed by atoms with Crippen molar-refractivity contribution in [3.8, 4) is 0 Å². The first-order chi connectivity index (χ1) is 10.1. The molecule has 2 rings (SSSR count). The predicted molar refractivity (Wildman–Crippen MR) is 79.9 cm³/mol. The van der Waals surface area contributed by atoms with Crippen molar-refractivity contribution in [2.24, 2.45) is 0 Å². The summed E-state index contributed by atoms with van der Waals surface area (Å²) in [6.07, 6.45) is 0.464. The summed E-state index contributed by atoms with van der Waals surface area (Å²) in [4.78, 5) is 12.1. The third kappa shape index (κ3) is 4.03. The zero-order valence-electron chi connectivity index (χ0n) is 11.2. The van der Waals surface area contributed by atoms with Crippen LogP contribution in [0.15, 0.2) is 48.5 Å². The van der Waals surface area contributed by atoms with Crippen LogP contribution in [0.2, 0.25) is 5.02 Å². The average Bonchev–Trinajstić information content (AvgIpc) is 2.50. The number of carbonyl (C=O) groups excluding carboxylic acids is 1. The Kier molecular flexibility index (Phi) is 5.31. The number of carbonyl (C=O) groups is 1. The molecule has 2 N–H and O–H groups in total. The van der Waals surface area contributed by atoms with Crippen molar-refractivity contribution in [2.75, 3.05) is 6.61 Å². The molecule has 110 valence electrons. The van der Waals surface area contributed by atoms with Gasteiger partial charge in [0.15, 0.2) is 5.82 Å². The second-order valence-corrected chi connectivity index (χ2v) is 5.05. The highest BCUT2D eigenvalue weighted by Crippen LogP contribution is 2.18. The second-order valence-electron chi connectivity index (χ2n) is 4.64. The van der Waals surface area contributed by atoms with Crippen LogP contribution in [-0.2, 0) is 6.42 Å². The molecule has 0 saturated carbocycles. The summed E-state index contributed by atoms with van der Waals surface area (Å²) < 4.78 is 13.8. The van der Waals surface area contributed by atoms with Crippen LogP contribution in [0.25, 0.3) is 0 Å². The van der Waals surface area contributed by atoms with Gasteiger partial charge < -0.3 is 10.4 Å². The van der Waals surface area contributed by atoms with E-state index >= 15 is 0 Å². The van der Waals surface area contributed by atoms with Gasteiger partial charge in [-0.1, -0.05) is 48.0 Å². The molecule has 0 unspecified atom stereocenters. The molecule has 0 bridgehead atoms. The van der Waals surface area contributed by atoms with Crippen LogP contribution in [0.4, 0.5) is 4.39 Å². The maximum atomic E-state index is 13.8. The monoisotopic (exact) mass is 307 g/mol. The van der Waals surface area contributed by atoms with Gasteiger partial charge in [0.1, 0.15) is 0 Å². The number of benzene rings is 2. The molecule has 0 aliphatic heterocycles. The van der Waals surface area contributed by atoms with Gasteiger partial charge in [-0.05, 0) is 24.1 Å². The van der Waals surface area contributed by atoms with E-state index in [1.54, 1.807) is 0 Å². The van der Waals surface area contributed by atoms with Gasteiger partial charge >= 0.3 is 0 Å². The third-order valence-corrected chi connectivity index (χ3v) is 3.37. The van der Waals surface area contributed by atoms with Crippen molar-refractivity contribution in [2.45, 2.75) is 12.5 Å². The van der Waals surface area contributed by atoms with Gasteiger partial charge in [-0.25, -0.2) is 4.39 Å². The maximum absolute atomic E-state index is 13.8. The summed E-state index contributed by atoms with van der Waals surface area (Å²) in [5.41, 5.74) is 0.845. The standard InChI is InChI=1S/C16H15ClFNO2/c17-14-8-4-7-13(15(14)18)16(21)19-12(10-20)9-11-5-2-1-3-6-11/h1-8,12,20H,9-10H2,(H,19,21)/t12-/m0/s1. The minimum absolute atomic E-state index is 0.105. The lowest BCUT2D eigenvalue weighted by molar-refractivity contribution is 0.0912. The molecule has 0 spiro atoms. The molecule has 1 amide bonds. The van der Waals surface area contributed by atoms with Crippen LogP contribution in [0.1, 0.15) is 15.9 Å². The Morgan fingerprint density at radius 3 is 2.57 bits per heavy atom. The Hall–Kier alpha value is -1.91. The summed E-state index contributed by atoms with van der Waals surface area (Å²) >= 11 is 5.65. The molecule has 2 aromatic carbocycles. The Labute approximate surface area is 127 Å². The molecule has 0 fully saturated rings. The lowest BCUT2D eigenvalue weighted by atomic mass is 10.1. The fourth-order valence-corrected chi connectivity index (χ4v) is 2.18. The van der Waals surface area contributed by atoms with Crippen molar-refractivity contribution in [3.63, 3.8) is 0 Å². The van der Waals surface area contributed by atoms with Crippen LogP contribution in [0.5, 0.6) is 0 Å². The van der Waals surface area contributed by atoms with Gasteiger partial charge in [-0.2, -0.15) is 0 Å². The average molecular weight is 308 g/mol. The van der Waals surface area contributed by atoms with Crippen molar-refractivity contribution in [1.82, 2.24) is 5.32 Å². The van der Waals surface area contributed by atoms with E-state index in [0.29, 0.717) is 6.42 Å². The highest BCUT2D eigenvalue weighted by atomic mass is 35.5. The topological polar surface area (TPSA) is 49.3 Å². The third-order valence-electron chi connectivity index (χ3n) is 3.08. The van der Waals surface area contributed by atoms with Gasteiger partial charge in [0.2, 0.25) is 0 Å². The molecule has 21 heavy (non-hydrogen) atoms. The highest BCUT2D eigenvalue weighted by Gasteiger charge is 2.18. The van der Waals surface area contributed by atoms with E-state index in [0.717, 1.165) is 5.56 Å². The normalized spacial score (nSPS) is 12.0. The summed E-state index contributed by atoms with van der Waals surface area (Å²) in [5.74, 6) is -1.35. The molecule has 1 atom stereocenters. The molecule has 0 radical (unpaired) electrons. The van der Waals surface area contributed by atoms with Crippen molar-refractivity contribution >= 4 is 17.5 Å². The number of rotatable bonds is 5. The zero-order chi connectivity index (χ0) is 15.2. The fourth-order valence-electron chi connectivity index (χ4n) is 2.00. The molecule has 5 heteroatoms. The molecule has 0 aromatic heterocycles. The highest BCUT2D eigenvalue weighted by molar-refractivity contribution is 6.31. The van der Waals surface area contributed by atoms with Crippen molar-refractivity contribution in [1.29, 1.82) is 0 Å². The van der Waals surface area contributed by atoms with Crippen LogP contribution >= 0.6 is 11.6 Å². The van der Waals surface area contributed by atoms with Crippen molar-refractivity contribution in [3.05, 3.63) is 70.5 Å². The predicted octanol–water partition coefficient (Wildman–Crippen LogP) is 2.81.